The quantitative estimate of drug-likeness (QED) is 0.472. The van der Waals surface area contributed by atoms with Crippen LogP contribution in [-0.2, 0) is 29.7 Å². The second-order valence-corrected chi connectivity index (χ2v) is 10.2. The van der Waals surface area contributed by atoms with Crippen molar-refractivity contribution in [3.8, 4) is 0 Å². The highest BCUT2D eigenvalue weighted by molar-refractivity contribution is 7.89. The molecule has 33 heavy (non-hydrogen) atoms. The van der Waals surface area contributed by atoms with Crippen molar-refractivity contribution in [1.82, 2.24) is 23.4 Å². The summed E-state index contributed by atoms with van der Waals surface area (Å²) in [4.78, 5) is 33.6. The molecular weight excluding hydrogens is 446 g/mol. The highest BCUT2D eigenvalue weighted by atomic mass is 32.2. The summed E-state index contributed by atoms with van der Waals surface area (Å²) in [5.74, 6) is 0.748. The molecule has 0 unspecified atom stereocenters. The third-order valence-corrected chi connectivity index (χ3v) is 7.41. The zero-order valence-corrected chi connectivity index (χ0v) is 20.4. The van der Waals surface area contributed by atoms with E-state index in [1.807, 2.05) is 18.4 Å². The van der Waals surface area contributed by atoms with Crippen molar-refractivity contribution in [1.29, 1.82) is 0 Å². The van der Waals surface area contributed by atoms with Crippen LogP contribution in [0, 0.1) is 0 Å². The molecule has 2 aromatic heterocycles. The topological polar surface area (TPSA) is 139 Å². The fourth-order valence-electron chi connectivity index (χ4n) is 3.78. The summed E-state index contributed by atoms with van der Waals surface area (Å²) in [6.45, 7) is 5.21. The van der Waals surface area contributed by atoms with Crippen LogP contribution in [0.3, 0.4) is 0 Å². The largest absolute Gasteiger partial charge is 0.383 e. The third kappa shape index (κ3) is 4.53. The third-order valence-electron chi connectivity index (χ3n) is 5.60. The van der Waals surface area contributed by atoms with Crippen LogP contribution in [0.2, 0.25) is 0 Å². The molecule has 0 saturated heterocycles. The van der Waals surface area contributed by atoms with Crippen LogP contribution in [0.1, 0.15) is 32.5 Å². The number of unbranched alkanes of at least 4 members (excludes halogenated alkanes) is 1. The predicted molar refractivity (Wildman–Crippen MR) is 129 cm³/mol. The van der Waals surface area contributed by atoms with Crippen molar-refractivity contribution in [3.63, 3.8) is 0 Å². The Hall–Kier alpha value is -3.12. The summed E-state index contributed by atoms with van der Waals surface area (Å²) in [6, 6.07) is 4.84. The maximum atomic E-state index is 12.6. The number of nitrogens with one attached hydrogen (secondary N) is 1. The fraction of sp³-hybridized carbons (Fsp3) is 0.476. The number of fused-ring (bicyclic) bond motifs is 1. The van der Waals surface area contributed by atoms with Crippen LogP contribution < -0.4 is 21.9 Å². The van der Waals surface area contributed by atoms with Crippen LogP contribution >= 0.6 is 0 Å². The Kier molecular flexibility index (Phi) is 6.98. The van der Waals surface area contributed by atoms with Gasteiger partial charge < -0.3 is 15.2 Å². The van der Waals surface area contributed by atoms with Crippen molar-refractivity contribution in [2.24, 2.45) is 0 Å². The minimum absolute atomic E-state index is 0.109. The Morgan fingerprint density at radius 2 is 1.82 bits per heavy atom. The van der Waals surface area contributed by atoms with Crippen molar-refractivity contribution in [2.45, 2.75) is 51.2 Å². The molecule has 2 heterocycles. The first-order valence-electron chi connectivity index (χ1n) is 10.8. The van der Waals surface area contributed by atoms with E-state index < -0.39 is 21.3 Å². The van der Waals surface area contributed by atoms with E-state index in [0.717, 1.165) is 22.7 Å². The van der Waals surface area contributed by atoms with E-state index in [2.05, 4.69) is 9.97 Å². The molecule has 0 aliphatic carbocycles. The van der Waals surface area contributed by atoms with E-state index in [1.54, 1.807) is 30.1 Å². The van der Waals surface area contributed by atoms with Crippen molar-refractivity contribution in [3.05, 3.63) is 44.9 Å². The molecule has 0 aliphatic heterocycles. The van der Waals surface area contributed by atoms with Gasteiger partial charge in [-0.3, -0.25) is 14.3 Å². The number of H-pyrrole nitrogens is 1. The van der Waals surface area contributed by atoms with Crippen molar-refractivity contribution >= 4 is 32.6 Å². The summed E-state index contributed by atoms with van der Waals surface area (Å²) in [7, 11) is 1.07. The van der Waals surface area contributed by atoms with Crippen molar-refractivity contribution < 1.29 is 8.42 Å². The number of aromatic nitrogens is 4. The molecule has 3 rings (SSSR count). The van der Waals surface area contributed by atoms with Gasteiger partial charge in [0, 0.05) is 34.2 Å². The molecule has 12 heteroatoms. The lowest BCUT2D eigenvalue weighted by molar-refractivity contribution is 0.521. The number of imidazole rings is 1. The minimum Gasteiger partial charge on any atom is -0.383 e. The molecule has 1 aromatic carbocycles. The number of aromatic amines is 1. The first-order chi connectivity index (χ1) is 15.5. The van der Waals surface area contributed by atoms with E-state index in [4.69, 9.17) is 5.73 Å². The lowest BCUT2D eigenvalue weighted by atomic mass is 10.3. The number of nitrogens with zero attached hydrogens (tertiary/aromatic N) is 5. The first kappa shape index (κ1) is 24.5. The molecular formula is C21H31N7O4S. The molecule has 0 aliphatic rings. The maximum Gasteiger partial charge on any atom is 0.330 e. The Morgan fingerprint density at radius 1 is 1.12 bits per heavy atom. The molecule has 3 aromatic rings. The van der Waals surface area contributed by atoms with Gasteiger partial charge in [0.25, 0.3) is 5.56 Å². The number of nitrogens with two attached hydrogens (primary N) is 1. The zero-order chi connectivity index (χ0) is 24.5. The highest BCUT2D eigenvalue weighted by Crippen LogP contribution is 2.24. The van der Waals surface area contributed by atoms with Gasteiger partial charge in [-0.05, 0) is 31.5 Å². The summed E-state index contributed by atoms with van der Waals surface area (Å²) < 4.78 is 29.5. The number of rotatable bonds is 9. The molecule has 0 radical (unpaired) electrons. The van der Waals surface area contributed by atoms with Gasteiger partial charge in [-0.1, -0.05) is 13.3 Å². The average molecular weight is 478 g/mol. The van der Waals surface area contributed by atoms with Crippen LogP contribution in [0.4, 0.5) is 11.5 Å². The Bertz CT molecular complexity index is 1390. The van der Waals surface area contributed by atoms with E-state index in [-0.39, 0.29) is 22.9 Å². The lowest BCUT2D eigenvalue weighted by Crippen LogP contribution is -2.37. The van der Waals surface area contributed by atoms with E-state index in [9.17, 15) is 18.0 Å². The van der Waals surface area contributed by atoms with Gasteiger partial charge in [0.1, 0.15) is 17.3 Å². The Labute approximate surface area is 192 Å². The van der Waals surface area contributed by atoms with Gasteiger partial charge >= 0.3 is 5.69 Å². The predicted octanol–water partition coefficient (Wildman–Crippen LogP) is 1.18. The van der Waals surface area contributed by atoms with Crippen LogP contribution in [0.25, 0.3) is 11.0 Å². The molecule has 0 fully saturated rings. The fourth-order valence-corrected chi connectivity index (χ4v) is 4.70. The number of aryl methyl sites for hydroxylation is 1. The molecule has 0 saturated carbocycles. The van der Waals surface area contributed by atoms with Gasteiger partial charge in [0.2, 0.25) is 10.0 Å². The number of sulfonamides is 1. The van der Waals surface area contributed by atoms with Gasteiger partial charge in [0.15, 0.2) is 0 Å². The molecule has 3 N–H and O–H groups in total. The zero-order valence-electron chi connectivity index (χ0n) is 19.6. The highest BCUT2D eigenvalue weighted by Gasteiger charge is 2.21. The van der Waals surface area contributed by atoms with E-state index in [0.29, 0.717) is 24.4 Å². The smallest absolute Gasteiger partial charge is 0.330 e. The summed E-state index contributed by atoms with van der Waals surface area (Å²) in [5.41, 5.74) is 6.65. The number of benzene rings is 1. The molecule has 0 spiro atoms. The molecule has 180 valence electrons. The first-order valence-corrected chi connectivity index (χ1v) is 12.2. The second-order valence-electron chi connectivity index (χ2n) is 8.06. The van der Waals surface area contributed by atoms with E-state index in [1.165, 1.54) is 18.7 Å². The standard InChI is InChI=1S/C21H31N7O4S/c1-6-8-11-28-19(22)18(20(29)24-21(28)30)26(5)13-17-23-15-12-14(33(31,32)25(3)4)9-10-16(15)27(17)7-2/h9-10,12H,6-8,11,13,22H2,1-5H3,(H,24,29,30). The lowest BCUT2D eigenvalue weighted by Gasteiger charge is -2.22. The Balaban J connectivity index is 2.04. The summed E-state index contributed by atoms with van der Waals surface area (Å²) in [6.07, 6.45) is 1.63. The van der Waals surface area contributed by atoms with Crippen LogP contribution in [-0.4, -0.2) is 53.0 Å². The van der Waals surface area contributed by atoms with Gasteiger partial charge in [0.05, 0.1) is 22.5 Å². The number of nitrogen functional groups attached to an aromatic ring is 1. The van der Waals surface area contributed by atoms with Crippen molar-refractivity contribution in [2.75, 3.05) is 31.8 Å². The average Bonchev–Trinajstić information content (AvgIpc) is 3.09. The van der Waals surface area contributed by atoms with Gasteiger partial charge in [-0.2, -0.15) is 0 Å². The normalized spacial score (nSPS) is 12.1. The van der Waals surface area contributed by atoms with Gasteiger partial charge in [-0.15, -0.1) is 0 Å². The number of hydrogen-bond acceptors (Lipinski definition) is 7. The molecule has 0 amide bonds. The minimum atomic E-state index is -3.59. The van der Waals surface area contributed by atoms with Gasteiger partial charge in [-0.25, -0.2) is 22.5 Å². The molecule has 0 bridgehead atoms. The maximum absolute atomic E-state index is 12.6. The summed E-state index contributed by atoms with van der Waals surface area (Å²) >= 11 is 0. The monoisotopic (exact) mass is 477 g/mol. The second kappa shape index (κ2) is 9.40. The van der Waals surface area contributed by atoms with Crippen LogP contribution in [0.15, 0.2) is 32.7 Å². The number of anilines is 2. The number of hydrogen-bond donors (Lipinski definition) is 2. The molecule has 0 atom stereocenters. The Morgan fingerprint density at radius 3 is 2.42 bits per heavy atom. The SMILES string of the molecule is CCCCn1c(N)c(N(C)Cc2nc3cc(S(=O)(=O)N(C)C)ccc3n2CC)c(=O)[nH]c1=O. The van der Waals surface area contributed by atoms with E-state index >= 15 is 0 Å². The van der Waals surface area contributed by atoms with Crippen LogP contribution in [0.5, 0.6) is 0 Å². The molecule has 11 nitrogen and oxygen atoms in total. The summed E-state index contributed by atoms with van der Waals surface area (Å²) in [5, 5.41) is 0.